The van der Waals surface area contributed by atoms with Crippen LogP contribution in [0.25, 0.3) is 16.6 Å². The molecule has 5 heterocycles. The second kappa shape index (κ2) is 20.4. The normalized spacial score (nSPS) is 21.3. The van der Waals surface area contributed by atoms with Gasteiger partial charge in [-0.15, -0.1) is 0 Å². The van der Waals surface area contributed by atoms with E-state index >= 15 is 4.39 Å². The van der Waals surface area contributed by atoms with E-state index in [-0.39, 0.29) is 59.8 Å². The molecule has 18 heteroatoms. The number of rotatable bonds is 15. The Morgan fingerprint density at radius 3 is 2.30 bits per heavy atom. The molecule has 2 amide bonds. The summed E-state index contributed by atoms with van der Waals surface area (Å²) >= 11 is 0. The van der Waals surface area contributed by atoms with Gasteiger partial charge < -0.3 is 61.2 Å². The lowest BCUT2D eigenvalue weighted by atomic mass is 9.95. The van der Waals surface area contributed by atoms with Gasteiger partial charge in [-0.25, -0.2) is 18.0 Å². The van der Waals surface area contributed by atoms with Gasteiger partial charge in [0.05, 0.1) is 30.6 Å². The number of nitrogens with one attached hydrogen (secondary N) is 1. The number of aromatic hydroxyl groups is 1. The molecule has 0 radical (unpaired) electrons. The van der Waals surface area contributed by atoms with Gasteiger partial charge in [0.1, 0.15) is 23.7 Å². The Kier molecular flexibility index (Phi) is 14.4. The number of likely N-dealkylation sites (tertiary alicyclic amines) is 1. The first-order chi connectivity index (χ1) is 32.3. The van der Waals surface area contributed by atoms with Crippen LogP contribution in [0.5, 0.6) is 5.75 Å². The summed E-state index contributed by atoms with van der Waals surface area (Å²) in [5.41, 5.74) is 23.0. The zero-order valence-corrected chi connectivity index (χ0v) is 38.5. The molecule has 2 bridgehead atoms. The molecule has 0 saturated carbocycles. The van der Waals surface area contributed by atoms with Crippen molar-refractivity contribution in [1.29, 1.82) is 0 Å². The van der Waals surface area contributed by atoms with Crippen LogP contribution in [0, 0.1) is 30.3 Å². The van der Waals surface area contributed by atoms with Crippen molar-refractivity contribution in [3.05, 3.63) is 101 Å². The number of urea groups is 1. The van der Waals surface area contributed by atoms with E-state index in [4.69, 9.17) is 26.7 Å². The molecule has 4 fully saturated rings. The van der Waals surface area contributed by atoms with Crippen LogP contribution >= 0.6 is 0 Å². The number of aromatic nitrogens is 1. The average molecular weight is 929 g/mol. The monoisotopic (exact) mass is 928 g/mol. The Balaban J connectivity index is 0.842. The third-order valence-electron chi connectivity index (χ3n) is 13.9. The van der Waals surface area contributed by atoms with Crippen molar-refractivity contribution >= 4 is 46.0 Å². The molecule has 4 aliphatic heterocycles. The van der Waals surface area contributed by atoms with Gasteiger partial charge in [-0.1, -0.05) is 6.92 Å². The summed E-state index contributed by atoms with van der Waals surface area (Å²) in [5, 5.41) is 13.9. The third-order valence-corrected chi connectivity index (χ3v) is 13.9. The SMILES string of the molecule is CCN(CC1CCN(c2cc(N3C4CCC3CN(C(/C=C(\N)c3cc(F)cc(F)c3O)=C(N)N)C4)ccc2F)CC1)CC1OCC(n2cc(C)c3cc(N(CCC=O)C(=O)NC)ccc32)CO1. The van der Waals surface area contributed by atoms with Crippen molar-refractivity contribution in [2.24, 2.45) is 23.1 Å². The molecule has 4 aromatic rings. The standard InChI is InChI=1S/C49H63F3N10O5/c1-4-57(27-46-66-28-37(29-67-46)61-23-30(2)38-20-33(9-11-43(38)61)60(14-5-17-63)49(65)56-3)24-31-12-15-58(16-13-31)44-21-34(8-10-40(44)51)62-35-6-7-36(62)26-59(25-35)45(48(54)55)22-42(53)39-18-32(50)19-41(52)47(39)64/h8-11,17-23,31,35-37,46,64H,4-7,12-16,24-29,53-55H2,1-3H3,(H,56,65)/b42-22-. The summed E-state index contributed by atoms with van der Waals surface area (Å²) in [7, 11) is 1.58. The lowest BCUT2D eigenvalue weighted by Gasteiger charge is -2.44. The largest absolute Gasteiger partial charge is 0.504 e. The minimum absolute atomic E-state index is 0.0112. The number of carbonyl (C=O) groups is 2. The number of allylic oxidation sites excluding steroid dienone is 1. The van der Waals surface area contributed by atoms with Gasteiger partial charge in [-0.05, 0) is 99.2 Å². The summed E-state index contributed by atoms with van der Waals surface area (Å²) in [5.74, 6) is -2.59. The number of aldehydes is 1. The van der Waals surface area contributed by atoms with Gasteiger partial charge in [0.25, 0.3) is 0 Å². The first-order valence-corrected chi connectivity index (χ1v) is 23.2. The minimum Gasteiger partial charge on any atom is -0.504 e. The van der Waals surface area contributed by atoms with Gasteiger partial charge in [0.15, 0.2) is 17.9 Å². The number of aryl methyl sites for hydroxylation is 1. The van der Waals surface area contributed by atoms with E-state index in [2.05, 4.69) is 37.7 Å². The number of carbonyl (C=O) groups excluding carboxylic acids is 2. The Morgan fingerprint density at radius 1 is 0.925 bits per heavy atom. The maximum atomic E-state index is 15.6. The number of anilines is 3. The number of amides is 2. The minimum atomic E-state index is -1.12. The Morgan fingerprint density at radius 2 is 1.64 bits per heavy atom. The molecule has 8 N–H and O–H groups in total. The maximum absolute atomic E-state index is 15.6. The van der Waals surface area contributed by atoms with Gasteiger partial charge in [-0.3, -0.25) is 9.80 Å². The Labute approximate surface area is 389 Å². The topological polar surface area (TPSA) is 184 Å². The van der Waals surface area contributed by atoms with E-state index < -0.39 is 17.4 Å². The van der Waals surface area contributed by atoms with Crippen molar-refractivity contribution in [2.45, 2.75) is 70.4 Å². The van der Waals surface area contributed by atoms with Crippen LogP contribution in [0.1, 0.15) is 56.2 Å². The van der Waals surface area contributed by atoms with Crippen LogP contribution in [0.4, 0.5) is 35.0 Å². The third kappa shape index (κ3) is 10.1. The predicted molar refractivity (Wildman–Crippen MR) is 254 cm³/mol. The molecule has 0 aliphatic carbocycles. The number of hydrogen-bond donors (Lipinski definition) is 5. The zero-order chi connectivity index (χ0) is 47.5. The van der Waals surface area contributed by atoms with E-state index in [0.29, 0.717) is 62.8 Å². The van der Waals surface area contributed by atoms with Crippen molar-refractivity contribution in [2.75, 3.05) is 87.3 Å². The smallest absolute Gasteiger partial charge is 0.321 e. The number of hydrogen-bond acceptors (Lipinski definition) is 12. The van der Waals surface area contributed by atoms with Crippen LogP contribution in [-0.4, -0.2) is 123 Å². The van der Waals surface area contributed by atoms with Gasteiger partial charge in [0.2, 0.25) is 0 Å². The fraction of sp³-hybridized carbons (Fsp3) is 0.469. The summed E-state index contributed by atoms with van der Waals surface area (Å²) < 4.78 is 58.6. The number of phenolic OH excluding ortho intramolecular Hbond substituents is 1. The molecule has 4 aliphatic rings. The zero-order valence-electron chi connectivity index (χ0n) is 38.5. The predicted octanol–water partition coefficient (Wildman–Crippen LogP) is 5.70. The average Bonchev–Trinajstić information content (AvgIpc) is 3.79. The molecule has 4 saturated heterocycles. The van der Waals surface area contributed by atoms with E-state index in [1.807, 2.05) is 42.2 Å². The maximum Gasteiger partial charge on any atom is 0.321 e. The number of piperazine rings is 1. The molecular weight excluding hydrogens is 866 g/mol. The van der Waals surface area contributed by atoms with Gasteiger partial charge in [-0.2, -0.15) is 0 Å². The fourth-order valence-electron chi connectivity index (χ4n) is 10.4. The summed E-state index contributed by atoms with van der Waals surface area (Å²) in [6.45, 7) is 10.4. The lowest BCUT2D eigenvalue weighted by Crippen LogP contribution is -2.54. The highest BCUT2D eigenvalue weighted by Gasteiger charge is 2.41. The van der Waals surface area contributed by atoms with Crippen molar-refractivity contribution in [1.82, 2.24) is 19.7 Å². The number of fused-ring (bicyclic) bond motifs is 3. The molecule has 2 unspecified atom stereocenters. The number of ether oxygens (including phenoxy) is 2. The highest BCUT2D eigenvalue weighted by Crippen LogP contribution is 2.40. The molecule has 360 valence electrons. The van der Waals surface area contributed by atoms with Crippen LogP contribution < -0.4 is 37.2 Å². The van der Waals surface area contributed by atoms with E-state index in [9.17, 15) is 23.5 Å². The van der Waals surface area contributed by atoms with Gasteiger partial charge >= 0.3 is 6.03 Å². The quantitative estimate of drug-likeness (QED) is 0.0726. The summed E-state index contributed by atoms with van der Waals surface area (Å²) in [4.78, 5) is 34.2. The molecule has 8 rings (SSSR count). The first kappa shape index (κ1) is 47.4. The number of halogens is 3. The molecule has 1 aromatic heterocycles. The highest BCUT2D eigenvalue weighted by atomic mass is 19.1. The van der Waals surface area contributed by atoms with Crippen LogP contribution in [0.3, 0.4) is 0 Å². The number of phenols is 1. The number of nitrogens with zero attached hydrogens (tertiary/aromatic N) is 6. The summed E-state index contributed by atoms with van der Waals surface area (Å²) in [6.07, 6.45) is 7.88. The molecule has 15 nitrogen and oxygen atoms in total. The molecule has 2 atom stereocenters. The van der Waals surface area contributed by atoms with Crippen molar-refractivity contribution in [3.63, 3.8) is 0 Å². The molecule has 0 spiro atoms. The van der Waals surface area contributed by atoms with Crippen LogP contribution in [0.15, 0.2) is 72.3 Å². The molecule has 67 heavy (non-hydrogen) atoms. The van der Waals surface area contributed by atoms with Crippen LogP contribution in [-0.2, 0) is 14.3 Å². The highest BCUT2D eigenvalue weighted by molar-refractivity contribution is 5.96. The number of nitrogens with two attached hydrogens (primary N) is 3. The second-order valence-corrected chi connectivity index (χ2v) is 18.2. The number of benzene rings is 3. The fourth-order valence-corrected chi connectivity index (χ4v) is 10.4. The molecule has 3 aromatic carbocycles. The summed E-state index contributed by atoms with van der Waals surface area (Å²) in [6, 6.07) is 12.7. The lowest BCUT2D eigenvalue weighted by molar-refractivity contribution is -0.203. The van der Waals surface area contributed by atoms with E-state index in [0.717, 1.165) is 92.1 Å². The van der Waals surface area contributed by atoms with Gasteiger partial charge in [0, 0.05) is 117 Å². The van der Waals surface area contributed by atoms with Crippen molar-refractivity contribution < 1.29 is 37.3 Å². The number of likely N-dealkylation sites (N-methyl/N-ethyl adjacent to an activating group) is 1. The van der Waals surface area contributed by atoms with E-state index in [1.165, 1.54) is 6.08 Å². The van der Waals surface area contributed by atoms with Crippen molar-refractivity contribution in [3.8, 4) is 5.75 Å². The number of piperidine rings is 1. The Bertz CT molecular complexity index is 2480. The Hall–Kier alpha value is -6.11. The van der Waals surface area contributed by atoms with E-state index in [1.54, 1.807) is 18.0 Å². The first-order valence-electron chi connectivity index (χ1n) is 23.2. The van der Waals surface area contributed by atoms with Crippen LogP contribution in [0.2, 0.25) is 0 Å². The second-order valence-electron chi connectivity index (χ2n) is 18.2. The molecular formula is C49H63F3N10O5.